The minimum atomic E-state index is -0.523. The molecule has 1 atom stereocenters. The number of thioether (sulfide) groups is 1. The molecule has 28 heavy (non-hydrogen) atoms. The Kier molecular flexibility index (Phi) is 5.01. The fourth-order valence-corrected chi connectivity index (χ4v) is 3.93. The molecule has 0 aliphatic heterocycles. The average Bonchev–Trinajstić information content (AvgIpc) is 3.41. The molecule has 142 valence electrons. The smallest absolute Gasteiger partial charge is 0.277 e. The first-order valence-corrected chi connectivity index (χ1v) is 10.2. The quantitative estimate of drug-likeness (QED) is 0.356. The summed E-state index contributed by atoms with van der Waals surface area (Å²) in [5, 5.41) is 13.2. The Balaban J connectivity index is 1.52. The van der Waals surface area contributed by atoms with Crippen molar-refractivity contribution in [3.8, 4) is 10.8 Å². The highest BCUT2D eigenvalue weighted by molar-refractivity contribution is 8.00. The van der Waals surface area contributed by atoms with E-state index in [1.165, 1.54) is 18.3 Å². The second kappa shape index (κ2) is 7.61. The molecule has 0 aliphatic rings. The lowest BCUT2D eigenvalue weighted by Crippen LogP contribution is -2.23. The van der Waals surface area contributed by atoms with Crippen molar-refractivity contribution in [2.45, 2.75) is 24.3 Å². The third kappa shape index (κ3) is 3.58. The topological polar surface area (TPSA) is 98.2 Å². The zero-order valence-corrected chi connectivity index (χ0v) is 16.6. The first-order valence-electron chi connectivity index (χ1n) is 8.40. The van der Waals surface area contributed by atoms with Crippen molar-refractivity contribution in [1.82, 2.24) is 10.2 Å². The van der Waals surface area contributed by atoms with E-state index < -0.39 is 5.25 Å². The number of carbonyl (C=O) groups is 2. The van der Waals surface area contributed by atoms with Gasteiger partial charge >= 0.3 is 0 Å². The number of nitrogens with zero attached hydrogens (tertiary/aromatic N) is 2. The van der Waals surface area contributed by atoms with Crippen LogP contribution in [-0.4, -0.2) is 27.1 Å². The molecule has 3 heterocycles. The number of aromatic nitrogens is 2. The molecule has 1 amide bonds. The standard InChI is InChI=1S/C19H15N3O4S2/c1-10(23)16-15(12-6-3-4-7-13(12)25-16)20-17(24)11(2)28-19-22-21-18(26-19)14-8-5-9-27-14/h3-9,11H,1-2H3,(H,20,24). The molecule has 0 radical (unpaired) electrons. The second-order valence-corrected chi connectivity index (χ2v) is 8.20. The van der Waals surface area contributed by atoms with Crippen LogP contribution in [0.5, 0.6) is 0 Å². The van der Waals surface area contributed by atoms with Crippen molar-refractivity contribution in [1.29, 1.82) is 0 Å². The van der Waals surface area contributed by atoms with Gasteiger partial charge in [0.05, 0.1) is 15.8 Å². The molecular formula is C19H15N3O4S2. The Morgan fingerprint density at radius 1 is 1.14 bits per heavy atom. The summed E-state index contributed by atoms with van der Waals surface area (Å²) in [6.45, 7) is 3.13. The van der Waals surface area contributed by atoms with Gasteiger partial charge in [-0.3, -0.25) is 9.59 Å². The van der Waals surface area contributed by atoms with E-state index in [0.29, 0.717) is 27.8 Å². The molecule has 0 spiro atoms. The number of amides is 1. The fourth-order valence-electron chi connectivity index (χ4n) is 2.60. The van der Waals surface area contributed by atoms with Gasteiger partial charge in [-0.15, -0.1) is 21.5 Å². The summed E-state index contributed by atoms with van der Waals surface area (Å²) in [7, 11) is 0. The van der Waals surface area contributed by atoms with Crippen molar-refractivity contribution in [2.75, 3.05) is 5.32 Å². The number of nitrogens with one attached hydrogen (secondary N) is 1. The van der Waals surface area contributed by atoms with Crippen LogP contribution in [0.15, 0.2) is 55.8 Å². The molecule has 0 fully saturated rings. The third-order valence-corrected chi connectivity index (χ3v) is 5.74. The summed E-state index contributed by atoms with van der Waals surface area (Å²) in [5.41, 5.74) is 0.922. The number of thiophene rings is 1. The van der Waals surface area contributed by atoms with Crippen LogP contribution >= 0.6 is 23.1 Å². The number of Topliss-reactive ketones (excluding diaryl/α,β-unsaturated/α-hetero) is 1. The van der Waals surface area contributed by atoms with Gasteiger partial charge in [-0.25, -0.2) is 0 Å². The van der Waals surface area contributed by atoms with Crippen LogP contribution in [0, 0.1) is 0 Å². The second-order valence-electron chi connectivity index (χ2n) is 5.96. The number of hydrogen-bond acceptors (Lipinski definition) is 8. The molecule has 4 aromatic rings. The van der Waals surface area contributed by atoms with Gasteiger partial charge in [0.1, 0.15) is 5.58 Å². The number of ketones is 1. The lowest BCUT2D eigenvalue weighted by Gasteiger charge is -2.09. The molecule has 9 heteroatoms. The van der Waals surface area contributed by atoms with Gasteiger partial charge in [-0.05, 0) is 30.5 Å². The predicted molar refractivity (Wildman–Crippen MR) is 108 cm³/mol. The van der Waals surface area contributed by atoms with Gasteiger partial charge < -0.3 is 14.2 Å². The van der Waals surface area contributed by atoms with Gasteiger partial charge in [-0.1, -0.05) is 30.0 Å². The number of furan rings is 1. The largest absolute Gasteiger partial charge is 0.451 e. The number of rotatable bonds is 6. The van der Waals surface area contributed by atoms with Gasteiger partial charge in [-0.2, -0.15) is 0 Å². The Hall–Kier alpha value is -2.91. The fraction of sp³-hybridized carbons (Fsp3) is 0.158. The van der Waals surface area contributed by atoms with Crippen LogP contribution in [0.2, 0.25) is 0 Å². The number of carbonyl (C=O) groups excluding carboxylic acids is 2. The van der Waals surface area contributed by atoms with E-state index in [4.69, 9.17) is 8.83 Å². The highest BCUT2D eigenvalue weighted by Crippen LogP contribution is 2.33. The van der Waals surface area contributed by atoms with Crippen LogP contribution in [0.1, 0.15) is 24.4 Å². The van der Waals surface area contributed by atoms with Crippen LogP contribution < -0.4 is 5.32 Å². The predicted octanol–water partition coefficient (Wildman–Crippen LogP) is 4.87. The molecule has 0 aliphatic carbocycles. The maximum absolute atomic E-state index is 12.7. The normalized spacial score (nSPS) is 12.2. The van der Waals surface area contributed by atoms with E-state index in [0.717, 1.165) is 16.6 Å². The molecule has 0 saturated carbocycles. The highest BCUT2D eigenvalue weighted by atomic mass is 32.2. The summed E-state index contributed by atoms with van der Waals surface area (Å²) in [5.74, 6) is -0.00597. The van der Waals surface area contributed by atoms with E-state index >= 15 is 0 Å². The zero-order valence-electron chi connectivity index (χ0n) is 15.0. The summed E-state index contributed by atoms with van der Waals surface area (Å²) in [6.07, 6.45) is 0. The zero-order chi connectivity index (χ0) is 19.7. The molecule has 4 rings (SSSR count). The molecule has 1 aromatic carbocycles. The lowest BCUT2D eigenvalue weighted by atomic mass is 10.2. The van der Waals surface area contributed by atoms with Crippen LogP contribution in [0.25, 0.3) is 21.7 Å². The van der Waals surface area contributed by atoms with Gasteiger partial charge in [0.2, 0.25) is 5.91 Å². The van der Waals surface area contributed by atoms with Crippen molar-refractivity contribution in [2.24, 2.45) is 0 Å². The molecule has 3 aromatic heterocycles. The Labute approximate surface area is 168 Å². The summed E-state index contributed by atoms with van der Waals surface area (Å²) >= 11 is 2.64. The number of fused-ring (bicyclic) bond motifs is 1. The first kappa shape index (κ1) is 18.5. The van der Waals surface area contributed by atoms with Crippen molar-refractivity contribution in [3.63, 3.8) is 0 Å². The van der Waals surface area contributed by atoms with E-state index in [1.54, 1.807) is 25.1 Å². The lowest BCUT2D eigenvalue weighted by molar-refractivity contribution is -0.115. The molecule has 1 unspecified atom stereocenters. The van der Waals surface area contributed by atoms with Gasteiger partial charge in [0.25, 0.3) is 11.1 Å². The average molecular weight is 413 g/mol. The molecule has 0 bridgehead atoms. The van der Waals surface area contributed by atoms with Gasteiger partial charge in [0.15, 0.2) is 11.5 Å². The van der Waals surface area contributed by atoms with Crippen molar-refractivity contribution >= 4 is 51.4 Å². The molecule has 7 nitrogen and oxygen atoms in total. The maximum atomic E-state index is 12.7. The highest BCUT2D eigenvalue weighted by Gasteiger charge is 2.24. The van der Waals surface area contributed by atoms with Crippen LogP contribution in [0.3, 0.4) is 0 Å². The maximum Gasteiger partial charge on any atom is 0.277 e. The monoisotopic (exact) mass is 413 g/mol. The minimum absolute atomic E-state index is 0.129. The van der Waals surface area contributed by atoms with E-state index in [1.807, 2.05) is 23.6 Å². The third-order valence-electron chi connectivity index (χ3n) is 3.95. The minimum Gasteiger partial charge on any atom is -0.451 e. The summed E-state index contributed by atoms with van der Waals surface area (Å²) < 4.78 is 11.2. The van der Waals surface area contributed by atoms with Crippen molar-refractivity contribution in [3.05, 3.63) is 47.5 Å². The summed E-state index contributed by atoms with van der Waals surface area (Å²) in [4.78, 5) is 25.5. The number of para-hydroxylation sites is 1. The number of anilines is 1. The SMILES string of the molecule is CC(=O)c1oc2ccccc2c1NC(=O)C(C)Sc1nnc(-c2cccs2)o1. The van der Waals surface area contributed by atoms with Crippen LogP contribution in [0.4, 0.5) is 5.69 Å². The van der Waals surface area contributed by atoms with Crippen molar-refractivity contribution < 1.29 is 18.4 Å². The number of hydrogen-bond donors (Lipinski definition) is 1. The first-order chi connectivity index (χ1) is 13.5. The van der Waals surface area contributed by atoms with E-state index in [9.17, 15) is 9.59 Å². The van der Waals surface area contributed by atoms with Gasteiger partial charge in [0, 0.05) is 12.3 Å². The van der Waals surface area contributed by atoms with Crippen LogP contribution in [-0.2, 0) is 4.79 Å². The summed E-state index contributed by atoms with van der Waals surface area (Å²) in [6, 6.07) is 11.0. The molecule has 1 N–H and O–H groups in total. The molecular weight excluding hydrogens is 398 g/mol. The Morgan fingerprint density at radius 2 is 1.96 bits per heavy atom. The van der Waals surface area contributed by atoms with E-state index in [-0.39, 0.29) is 17.5 Å². The Bertz CT molecular complexity index is 1150. The number of benzene rings is 1. The van der Waals surface area contributed by atoms with E-state index in [2.05, 4.69) is 15.5 Å². The Morgan fingerprint density at radius 3 is 2.71 bits per heavy atom. The molecule has 0 saturated heterocycles.